The lowest BCUT2D eigenvalue weighted by atomic mass is 10.0. The van der Waals surface area contributed by atoms with Gasteiger partial charge in [0.2, 0.25) is 5.91 Å². The number of aromatic nitrogens is 2. The largest absolute Gasteiger partial charge is 0.324 e. The summed E-state index contributed by atoms with van der Waals surface area (Å²) in [6.45, 7) is 0. The summed E-state index contributed by atoms with van der Waals surface area (Å²) in [6.07, 6.45) is 0.0826. The number of hydrogen-bond acceptors (Lipinski definition) is 6. The molecule has 0 aliphatic carbocycles. The van der Waals surface area contributed by atoms with Gasteiger partial charge >= 0.3 is 0 Å². The van der Waals surface area contributed by atoms with Crippen molar-refractivity contribution in [2.45, 2.75) is 6.42 Å². The molecule has 3 aromatic rings. The Labute approximate surface area is 164 Å². The van der Waals surface area contributed by atoms with E-state index in [2.05, 4.69) is 15.5 Å². The second-order valence-electron chi connectivity index (χ2n) is 5.52. The van der Waals surface area contributed by atoms with Crippen LogP contribution in [0.3, 0.4) is 0 Å². The Kier molecular flexibility index (Phi) is 5.91. The second-order valence-corrected chi connectivity index (χ2v) is 6.85. The van der Waals surface area contributed by atoms with Gasteiger partial charge in [0.05, 0.1) is 17.7 Å². The number of ketones is 1. The number of nitriles is 1. The highest BCUT2D eigenvalue weighted by atomic mass is 35.5. The highest BCUT2D eigenvalue weighted by Crippen LogP contribution is 2.24. The van der Waals surface area contributed by atoms with Gasteiger partial charge in [-0.1, -0.05) is 41.7 Å². The van der Waals surface area contributed by atoms with Gasteiger partial charge in [-0.3, -0.25) is 9.59 Å². The molecule has 1 amide bonds. The molecule has 0 radical (unpaired) electrons. The second kappa shape index (κ2) is 8.54. The maximum atomic E-state index is 12.6. The first kappa shape index (κ1) is 18.7. The molecule has 0 saturated carbocycles. The predicted molar refractivity (Wildman–Crippen MR) is 104 cm³/mol. The van der Waals surface area contributed by atoms with E-state index in [1.54, 1.807) is 6.07 Å². The molecule has 0 aliphatic heterocycles. The molecule has 2 aromatic carbocycles. The van der Waals surface area contributed by atoms with Crippen molar-refractivity contribution in [2.75, 3.05) is 11.2 Å². The van der Waals surface area contributed by atoms with E-state index in [0.29, 0.717) is 10.6 Å². The Morgan fingerprint density at radius 2 is 1.93 bits per heavy atom. The van der Waals surface area contributed by atoms with Gasteiger partial charge < -0.3 is 5.32 Å². The lowest BCUT2D eigenvalue weighted by Crippen LogP contribution is -2.14. The van der Waals surface area contributed by atoms with Gasteiger partial charge in [-0.15, -0.1) is 21.8 Å². The highest BCUT2D eigenvalue weighted by molar-refractivity contribution is 7.14. The molecule has 0 spiro atoms. The monoisotopic (exact) mass is 396 g/mol. The minimum absolute atomic E-state index is 0.0826. The summed E-state index contributed by atoms with van der Waals surface area (Å²) in [6, 6.07) is 16.1. The molecule has 1 heterocycles. The van der Waals surface area contributed by atoms with Crippen LogP contribution in [0.5, 0.6) is 0 Å². The standard InChI is InChI=1S/C19H13ClN4O2S/c20-10-17(26)22-15-8-13(6-7-14(15)11-21)16(25)9-18-23-24-19(27-18)12-4-2-1-3-5-12/h1-8H,9-10H2,(H,22,26). The van der Waals surface area contributed by atoms with Crippen molar-refractivity contribution in [2.24, 2.45) is 0 Å². The van der Waals surface area contributed by atoms with Crippen molar-refractivity contribution >= 4 is 40.3 Å². The van der Waals surface area contributed by atoms with Crippen LogP contribution in [0, 0.1) is 11.3 Å². The molecule has 27 heavy (non-hydrogen) atoms. The van der Waals surface area contributed by atoms with Crippen LogP contribution in [0.4, 0.5) is 5.69 Å². The molecule has 0 fully saturated rings. The molecule has 1 N–H and O–H groups in total. The number of hydrogen-bond donors (Lipinski definition) is 1. The zero-order chi connectivity index (χ0) is 19.2. The lowest BCUT2D eigenvalue weighted by molar-refractivity contribution is -0.113. The van der Waals surface area contributed by atoms with Crippen LogP contribution < -0.4 is 5.32 Å². The number of alkyl halides is 1. The normalized spacial score (nSPS) is 10.2. The third kappa shape index (κ3) is 4.56. The molecule has 0 saturated heterocycles. The number of halogens is 1. The first-order valence-corrected chi connectivity index (χ1v) is 9.26. The Morgan fingerprint density at radius 1 is 1.15 bits per heavy atom. The third-order valence-corrected chi connectivity index (χ3v) is 4.87. The van der Waals surface area contributed by atoms with E-state index in [1.165, 1.54) is 23.5 Å². The summed E-state index contributed by atoms with van der Waals surface area (Å²) in [5.74, 6) is -0.873. The summed E-state index contributed by atoms with van der Waals surface area (Å²) in [5.41, 5.74) is 1.83. The van der Waals surface area contributed by atoms with E-state index in [0.717, 1.165) is 10.6 Å². The van der Waals surface area contributed by atoms with Crippen molar-refractivity contribution in [1.29, 1.82) is 5.26 Å². The highest BCUT2D eigenvalue weighted by Gasteiger charge is 2.15. The third-order valence-electron chi connectivity index (χ3n) is 3.66. The predicted octanol–water partition coefficient (Wildman–Crippen LogP) is 3.68. The molecule has 0 aliphatic rings. The number of nitrogens with one attached hydrogen (secondary N) is 1. The smallest absolute Gasteiger partial charge is 0.239 e. The molecule has 0 atom stereocenters. The van der Waals surface area contributed by atoms with Crippen LogP contribution in [0.15, 0.2) is 48.5 Å². The van der Waals surface area contributed by atoms with E-state index in [1.807, 2.05) is 36.4 Å². The Hall–Kier alpha value is -3.08. The Bertz CT molecular complexity index is 1030. The topological polar surface area (TPSA) is 95.7 Å². The van der Waals surface area contributed by atoms with Crippen LogP contribution >= 0.6 is 22.9 Å². The van der Waals surface area contributed by atoms with Crippen LogP contribution in [0.25, 0.3) is 10.6 Å². The van der Waals surface area contributed by atoms with E-state index in [4.69, 9.17) is 16.9 Å². The SMILES string of the molecule is N#Cc1ccc(C(=O)Cc2nnc(-c3ccccc3)s2)cc1NC(=O)CCl. The van der Waals surface area contributed by atoms with Crippen LogP contribution in [0.1, 0.15) is 20.9 Å². The fourth-order valence-corrected chi connectivity index (χ4v) is 3.27. The number of benzene rings is 2. The van der Waals surface area contributed by atoms with Crippen molar-refractivity contribution in [3.8, 4) is 16.6 Å². The molecule has 0 bridgehead atoms. The molecule has 0 unspecified atom stereocenters. The molecule has 6 nitrogen and oxygen atoms in total. The van der Waals surface area contributed by atoms with Gasteiger partial charge in [0.15, 0.2) is 5.78 Å². The number of amides is 1. The molecular formula is C19H13ClN4O2S. The molecule has 134 valence electrons. The Balaban J connectivity index is 1.78. The van der Waals surface area contributed by atoms with Gasteiger partial charge in [-0.2, -0.15) is 5.26 Å². The maximum absolute atomic E-state index is 12.6. The van der Waals surface area contributed by atoms with Gasteiger partial charge in [0.25, 0.3) is 0 Å². The first-order valence-electron chi connectivity index (χ1n) is 7.91. The van der Waals surface area contributed by atoms with E-state index in [-0.39, 0.29) is 29.3 Å². The molecular weight excluding hydrogens is 384 g/mol. The summed E-state index contributed by atoms with van der Waals surface area (Å²) >= 11 is 6.84. The number of anilines is 1. The van der Waals surface area contributed by atoms with Crippen molar-refractivity contribution < 1.29 is 9.59 Å². The Morgan fingerprint density at radius 3 is 2.63 bits per heavy atom. The van der Waals surface area contributed by atoms with Gasteiger partial charge in [-0.05, 0) is 18.2 Å². The number of carbonyl (C=O) groups is 2. The van der Waals surface area contributed by atoms with E-state index < -0.39 is 5.91 Å². The first-order chi connectivity index (χ1) is 13.1. The molecule has 3 rings (SSSR count). The minimum atomic E-state index is -0.450. The fraction of sp³-hybridized carbons (Fsp3) is 0.105. The average molecular weight is 397 g/mol. The van der Waals surface area contributed by atoms with Crippen molar-refractivity contribution in [3.05, 3.63) is 64.7 Å². The summed E-state index contributed by atoms with van der Waals surface area (Å²) in [5, 5.41) is 21.2. The molecule has 1 aromatic heterocycles. The fourth-order valence-electron chi connectivity index (χ4n) is 2.36. The summed E-state index contributed by atoms with van der Waals surface area (Å²) < 4.78 is 0. The lowest BCUT2D eigenvalue weighted by Gasteiger charge is -2.07. The van der Waals surface area contributed by atoms with Crippen LogP contribution in [-0.2, 0) is 11.2 Å². The van der Waals surface area contributed by atoms with E-state index >= 15 is 0 Å². The number of carbonyl (C=O) groups excluding carboxylic acids is 2. The van der Waals surface area contributed by atoms with Crippen molar-refractivity contribution in [3.63, 3.8) is 0 Å². The van der Waals surface area contributed by atoms with Gasteiger partial charge in [0, 0.05) is 11.1 Å². The quantitative estimate of drug-likeness (QED) is 0.506. The van der Waals surface area contributed by atoms with Crippen LogP contribution in [0.2, 0.25) is 0 Å². The van der Waals surface area contributed by atoms with Gasteiger partial charge in [0.1, 0.15) is 22.0 Å². The van der Waals surface area contributed by atoms with E-state index in [9.17, 15) is 9.59 Å². The maximum Gasteiger partial charge on any atom is 0.239 e. The number of rotatable bonds is 6. The molecule has 8 heteroatoms. The summed E-state index contributed by atoms with van der Waals surface area (Å²) in [4.78, 5) is 24.1. The van der Waals surface area contributed by atoms with Gasteiger partial charge in [-0.25, -0.2) is 0 Å². The average Bonchev–Trinajstić information content (AvgIpc) is 3.17. The minimum Gasteiger partial charge on any atom is -0.324 e. The zero-order valence-electron chi connectivity index (χ0n) is 14.0. The zero-order valence-corrected chi connectivity index (χ0v) is 15.5. The summed E-state index contributed by atoms with van der Waals surface area (Å²) in [7, 11) is 0. The van der Waals surface area contributed by atoms with Crippen molar-refractivity contribution in [1.82, 2.24) is 10.2 Å². The van der Waals surface area contributed by atoms with Crippen LogP contribution in [-0.4, -0.2) is 27.8 Å². The number of Topliss-reactive ketones (excluding diaryl/α,β-unsaturated/α-hetero) is 1. The number of nitrogens with zero attached hydrogens (tertiary/aromatic N) is 3.